The highest BCUT2D eigenvalue weighted by Gasteiger charge is 2.42. The van der Waals surface area contributed by atoms with Crippen LogP contribution in [0.25, 0.3) is 0 Å². The second-order valence-corrected chi connectivity index (χ2v) is 8.60. The molecule has 0 aromatic rings. The second-order valence-electron chi connectivity index (χ2n) is 7.32. The Kier molecular flexibility index (Phi) is 8.06. The molecule has 2 fully saturated rings. The minimum absolute atomic E-state index is 0.0894. The predicted molar refractivity (Wildman–Crippen MR) is 100.0 cm³/mol. The van der Waals surface area contributed by atoms with E-state index < -0.39 is 0 Å². The summed E-state index contributed by atoms with van der Waals surface area (Å²) in [7, 11) is 0. The van der Waals surface area contributed by atoms with Crippen molar-refractivity contribution >= 4 is 29.5 Å². The smallest absolute Gasteiger partial charge is 0.220 e. The fraction of sp³-hybridized carbons (Fsp3) is 0.833. The van der Waals surface area contributed by atoms with E-state index in [4.69, 9.17) is 5.73 Å². The third-order valence-corrected chi connectivity index (χ3v) is 6.80. The van der Waals surface area contributed by atoms with Crippen molar-refractivity contribution in [2.45, 2.75) is 69.6 Å². The van der Waals surface area contributed by atoms with E-state index in [2.05, 4.69) is 10.6 Å². The van der Waals surface area contributed by atoms with Crippen molar-refractivity contribution in [3.8, 4) is 0 Å². The van der Waals surface area contributed by atoms with E-state index in [1.807, 2.05) is 18.7 Å². The number of nitrogens with two attached hydrogens (primary N) is 1. The normalized spacial score (nSPS) is 26.1. The lowest BCUT2D eigenvalue weighted by Crippen LogP contribution is -2.34. The van der Waals surface area contributed by atoms with Crippen LogP contribution in [0.15, 0.2) is 0 Å². The Labute approximate surface area is 154 Å². The first kappa shape index (κ1) is 20.1. The molecule has 0 radical (unpaired) electrons. The van der Waals surface area contributed by atoms with Crippen molar-refractivity contribution in [1.29, 1.82) is 0 Å². The van der Waals surface area contributed by atoms with Gasteiger partial charge in [-0.1, -0.05) is 19.8 Å². The summed E-state index contributed by atoms with van der Waals surface area (Å²) < 4.78 is 0. The SMILES string of the molecule is C[C@@H](CCCCNC(=O)CCCCC1SC[C@@H]2CC(=O)N[C@H]12)C(N)=O. The molecule has 3 amide bonds. The van der Waals surface area contributed by atoms with Crippen LogP contribution in [-0.4, -0.2) is 41.3 Å². The van der Waals surface area contributed by atoms with Gasteiger partial charge in [-0.05, 0) is 37.4 Å². The quantitative estimate of drug-likeness (QED) is 0.481. The largest absolute Gasteiger partial charge is 0.369 e. The van der Waals surface area contributed by atoms with E-state index in [1.165, 1.54) is 0 Å². The van der Waals surface area contributed by atoms with Crippen molar-refractivity contribution in [3.63, 3.8) is 0 Å². The van der Waals surface area contributed by atoms with Gasteiger partial charge in [0.25, 0.3) is 0 Å². The maximum Gasteiger partial charge on any atom is 0.220 e. The molecule has 2 aliphatic heterocycles. The number of unbranched alkanes of at least 4 members (excludes halogenated alkanes) is 2. The molecule has 2 saturated heterocycles. The topological polar surface area (TPSA) is 101 Å². The molecule has 2 rings (SSSR count). The van der Waals surface area contributed by atoms with Crippen LogP contribution in [0.2, 0.25) is 0 Å². The fourth-order valence-electron chi connectivity index (χ4n) is 3.57. The highest BCUT2D eigenvalue weighted by Crippen LogP contribution is 2.39. The van der Waals surface area contributed by atoms with Gasteiger partial charge in [-0.3, -0.25) is 14.4 Å². The lowest BCUT2D eigenvalue weighted by atomic mass is 9.97. The number of hydrogen-bond acceptors (Lipinski definition) is 4. The third kappa shape index (κ3) is 6.53. The van der Waals surface area contributed by atoms with Crippen molar-refractivity contribution in [1.82, 2.24) is 10.6 Å². The van der Waals surface area contributed by atoms with Crippen LogP contribution in [0.1, 0.15) is 58.3 Å². The minimum Gasteiger partial charge on any atom is -0.369 e. The number of fused-ring (bicyclic) bond motifs is 1. The molecule has 4 atom stereocenters. The molecule has 142 valence electrons. The maximum atomic E-state index is 11.8. The molecule has 2 aliphatic rings. The summed E-state index contributed by atoms with van der Waals surface area (Å²) in [5.41, 5.74) is 5.22. The van der Waals surface area contributed by atoms with Gasteiger partial charge in [0, 0.05) is 36.6 Å². The van der Waals surface area contributed by atoms with E-state index in [9.17, 15) is 14.4 Å². The number of carbonyl (C=O) groups excluding carboxylic acids is 3. The monoisotopic (exact) mass is 369 g/mol. The van der Waals surface area contributed by atoms with Gasteiger partial charge in [0.15, 0.2) is 0 Å². The number of rotatable bonds is 11. The Hall–Kier alpha value is -1.24. The number of amides is 3. The van der Waals surface area contributed by atoms with Gasteiger partial charge in [0.1, 0.15) is 0 Å². The summed E-state index contributed by atoms with van der Waals surface area (Å²) in [4.78, 5) is 34.2. The van der Waals surface area contributed by atoms with Gasteiger partial charge in [-0.15, -0.1) is 0 Å². The molecular weight excluding hydrogens is 338 g/mol. The first-order chi connectivity index (χ1) is 12.0. The third-order valence-electron chi connectivity index (χ3n) is 5.22. The second kappa shape index (κ2) is 10.0. The van der Waals surface area contributed by atoms with Crippen LogP contribution >= 0.6 is 11.8 Å². The Morgan fingerprint density at radius 3 is 2.88 bits per heavy atom. The van der Waals surface area contributed by atoms with Gasteiger partial charge in [-0.2, -0.15) is 11.8 Å². The zero-order valence-corrected chi connectivity index (χ0v) is 15.9. The van der Waals surface area contributed by atoms with Crippen LogP contribution in [0.3, 0.4) is 0 Å². The molecule has 0 aliphatic carbocycles. The summed E-state index contributed by atoms with van der Waals surface area (Å²) in [6, 6.07) is 0.356. The number of hydrogen-bond donors (Lipinski definition) is 3. The maximum absolute atomic E-state index is 11.8. The van der Waals surface area contributed by atoms with Crippen LogP contribution in [0.4, 0.5) is 0 Å². The molecule has 0 aromatic carbocycles. The lowest BCUT2D eigenvalue weighted by molar-refractivity contribution is -0.122. The molecule has 1 unspecified atom stereocenters. The van der Waals surface area contributed by atoms with Crippen LogP contribution in [0, 0.1) is 11.8 Å². The Balaban J connectivity index is 1.46. The molecule has 0 bridgehead atoms. The molecular formula is C18H31N3O3S. The molecule has 2 heterocycles. The number of thioether (sulfide) groups is 1. The summed E-state index contributed by atoms with van der Waals surface area (Å²) in [5, 5.41) is 6.56. The van der Waals surface area contributed by atoms with E-state index in [1.54, 1.807) is 0 Å². The van der Waals surface area contributed by atoms with Crippen LogP contribution in [-0.2, 0) is 14.4 Å². The van der Waals surface area contributed by atoms with Gasteiger partial charge in [-0.25, -0.2) is 0 Å². The van der Waals surface area contributed by atoms with Crippen molar-refractivity contribution < 1.29 is 14.4 Å². The van der Waals surface area contributed by atoms with Crippen LogP contribution < -0.4 is 16.4 Å². The van der Waals surface area contributed by atoms with Gasteiger partial charge >= 0.3 is 0 Å². The number of carbonyl (C=O) groups is 3. The van der Waals surface area contributed by atoms with E-state index in [0.717, 1.165) is 44.3 Å². The summed E-state index contributed by atoms with van der Waals surface area (Å²) >= 11 is 1.97. The minimum atomic E-state index is -0.257. The standard InChI is InChI=1S/C18H31N3O3S/c1-12(18(19)24)6-4-5-9-20-15(22)8-3-2-7-14-17-13(11-25-14)10-16(23)21-17/h12-14,17H,2-11H2,1H3,(H2,19,24)(H,20,22)(H,21,23)/t12-,13-,14?,17-/m0/s1. The molecule has 25 heavy (non-hydrogen) atoms. The van der Waals surface area contributed by atoms with Crippen molar-refractivity contribution in [2.24, 2.45) is 17.6 Å². The number of primary amides is 1. The summed E-state index contributed by atoms with van der Waals surface area (Å²) in [5.74, 6) is 1.56. The molecule has 6 nitrogen and oxygen atoms in total. The van der Waals surface area contributed by atoms with Gasteiger partial charge in [0.05, 0.1) is 0 Å². The predicted octanol–water partition coefficient (Wildman–Crippen LogP) is 1.57. The highest BCUT2D eigenvalue weighted by molar-refractivity contribution is 8.00. The zero-order chi connectivity index (χ0) is 18.2. The first-order valence-electron chi connectivity index (χ1n) is 9.44. The average molecular weight is 370 g/mol. The van der Waals surface area contributed by atoms with Crippen molar-refractivity contribution in [2.75, 3.05) is 12.3 Å². The molecule has 4 N–H and O–H groups in total. The Morgan fingerprint density at radius 1 is 1.32 bits per heavy atom. The Bertz CT molecular complexity index is 486. The number of nitrogens with one attached hydrogen (secondary N) is 2. The zero-order valence-electron chi connectivity index (χ0n) is 15.1. The molecule has 0 spiro atoms. The Morgan fingerprint density at radius 2 is 2.12 bits per heavy atom. The average Bonchev–Trinajstić information content (AvgIpc) is 3.10. The van der Waals surface area contributed by atoms with Crippen molar-refractivity contribution in [3.05, 3.63) is 0 Å². The fourth-order valence-corrected chi connectivity index (χ4v) is 5.22. The summed E-state index contributed by atoms with van der Waals surface area (Å²) in [6.45, 7) is 2.50. The lowest BCUT2D eigenvalue weighted by Gasteiger charge is -2.17. The molecule has 0 aromatic heterocycles. The van der Waals surface area contributed by atoms with Crippen LogP contribution in [0.5, 0.6) is 0 Å². The first-order valence-corrected chi connectivity index (χ1v) is 10.5. The molecule has 0 saturated carbocycles. The highest BCUT2D eigenvalue weighted by atomic mass is 32.2. The van der Waals surface area contributed by atoms with E-state index in [0.29, 0.717) is 36.6 Å². The molecule has 7 heteroatoms. The van der Waals surface area contributed by atoms with E-state index >= 15 is 0 Å². The van der Waals surface area contributed by atoms with Gasteiger partial charge in [0.2, 0.25) is 17.7 Å². The summed E-state index contributed by atoms with van der Waals surface area (Å²) in [6.07, 6.45) is 6.81. The van der Waals surface area contributed by atoms with Gasteiger partial charge < -0.3 is 16.4 Å². The van der Waals surface area contributed by atoms with E-state index in [-0.39, 0.29) is 23.6 Å².